The summed E-state index contributed by atoms with van der Waals surface area (Å²) in [6, 6.07) is 5.15. The predicted molar refractivity (Wildman–Crippen MR) is 137 cm³/mol. The van der Waals surface area contributed by atoms with Gasteiger partial charge < -0.3 is 10.4 Å². The number of nitrogens with zero attached hydrogens (tertiary/aromatic N) is 4. The zero-order chi connectivity index (χ0) is 27.9. The van der Waals surface area contributed by atoms with E-state index in [1.807, 2.05) is 0 Å². The number of halogens is 3. The minimum atomic E-state index is -4.76. The summed E-state index contributed by atoms with van der Waals surface area (Å²) in [5.74, 6) is -1.28. The maximum atomic E-state index is 11.8. The number of nitrogens with one attached hydrogen (secondary N) is 1. The van der Waals surface area contributed by atoms with Crippen molar-refractivity contribution in [1.29, 1.82) is 0 Å². The van der Waals surface area contributed by atoms with Gasteiger partial charge in [0.1, 0.15) is 15.5 Å². The van der Waals surface area contributed by atoms with Gasteiger partial charge in [-0.2, -0.15) is 26.6 Å². The first kappa shape index (κ1) is 28.7. The van der Waals surface area contributed by atoms with E-state index in [2.05, 4.69) is 43.2 Å². The Morgan fingerprint density at radius 2 is 1.68 bits per heavy atom. The Hall–Kier alpha value is -2.86. The second-order valence-electron chi connectivity index (χ2n) is 7.10. The van der Waals surface area contributed by atoms with Crippen LogP contribution in [0, 0.1) is 6.92 Å². The fourth-order valence-corrected chi connectivity index (χ4v) is 4.90. The van der Waals surface area contributed by atoms with Crippen molar-refractivity contribution in [3.05, 3.63) is 57.1 Å². The quantitative estimate of drug-likeness (QED) is 0.154. The standard InChI is InChI=1S/C19H14BrCl2N5O8S2/c1-8(20)18(28)23-10-3-4-15(36(30,31)32)13(5-10)24-25-17-9(2)26-27(19(17)29)14-6-12(22)16(7-11(14)21)37(33,34)35/h3-7,29H,1H2,2H3,(H,23,28)(H,30,31,32)(H,33,34,35)/b25-24+. The molecule has 0 fully saturated rings. The molecule has 0 bridgehead atoms. The molecule has 0 aliphatic carbocycles. The number of carbonyl (C=O) groups excluding carboxylic acids is 1. The highest BCUT2D eigenvalue weighted by molar-refractivity contribution is 9.12. The molecule has 196 valence electrons. The average Bonchev–Trinajstić information content (AvgIpc) is 3.05. The van der Waals surface area contributed by atoms with E-state index in [0.29, 0.717) is 0 Å². The van der Waals surface area contributed by atoms with Crippen molar-refractivity contribution in [3.63, 3.8) is 0 Å². The molecule has 0 spiro atoms. The van der Waals surface area contributed by atoms with E-state index in [4.69, 9.17) is 23.2 Å². The van der Waals surface area contributed by atoms with E-state index >= 15 is 0 Å². The highest BCUT2D eigenvalue weighted by Gasteiger charge is 2.23. The molecule has 0 saturated carbocycles. The third kappa shape index (κ3) is 6.35. The summed E-state index contributed by atoms with van der Waals surface area (Å²) in [6.07, 6.45) is 0. The van der Waals surface area contributed by atoms with Crippen LogP contribution in [0.1, 0.15) is 5.69 Å². The number of rotatable bonds is 7. The molecule has 18 heteroatoms. The number of aromatic hydroxyl groups is 1. The molecule has 0 aliphatic rings. The molecular weight excluding hydrogens is 641 g/mol. The Labute approximate surface area is 228 Å². The van der Waals surface area contributed by atoms with Crippen molar-refractivity contribution in [1.82, 2.24) is 9.78 Å². The second kappa shape index (κ2) is 10.5. The third-order valence-corrected chi connectivity index (χ3v) is 7.39. The number of carbonyl (C=O) groups is 1. The summed E-state index contributed by atoms with van der Waals surface area (Å²) < 4.78 is 66.1. The maximum Gasteiger partial charge on any atom is 0.296 e. The highest BCUT2D eigenvalue weighted by Crippen LogP contribution is 2.39. The van der Waals surface area contributed by atoms with Crippen LogP contribution >= 0.6 is 39.1 Å². The summed E-state index contributed by atoms with van der Waals surface area (Å²) in [5, 5.41) is 24.1. The summed E-state index contributed by atoms with van der Waals surface area (Å²) in [4.78, 5) is 10.5. The SMILES string of the molecule is C=C(Br)C(=O)Nc1ccc(S(=O)(=O)O)c(/N=N/c2c(C)nn(-c3cc(Cl)c(S(=O)(=O)O)cc3Cl)c2O)c1. The van der Waals surface area contributed by atoms with Gasteiger partial charge in [0.05, 0.1) is 25.9 Å². The second-order valence-corrected chi connectivity index (χ2v) is 11.6. The Bertz CT molecular complexity index is 1710. The number of aryl methyl sites for hydroxylation is 1. The molecule has 4 N–H and O–H groups in total. The average molecular weight is 655 g/mol. The molecule has 0 unspecified atom stereocenters. The molecule has 1 aromatic heterocycles. The van der Waals surface area contributed by atoms with Gasteiger partial charge >= 0.3 is 0 Å². The van der Waals surface area contributed by atoms with Crippen molar-refractivity contribution >= 4 is 82.3 Å². The number of azo groups is 1. The fourth-order valence-electron chi connectivity index (χ4n) is 2.86. The minimum absolute atomic E-state index is 0.00845. The van der Waals surface area contributed by atoms with Crippen LogP contribution in [0.5, 0.6) is 5.88 Å². The summed E-state index contributed by atoms with van der Waals surface area (Å²) in [5.41, 5.74) is -0.578. The Kier molecular flexibility index (Phi) is 8.13. The molecule has 37 heavy (non-hydrogen) atoms. The van der Waals surface area contributed by atoms with Crippen molar-refractivity contribution in [3.8, 4) is 11.6 Å². The molecule has 2 aromatic carbocycles. The van der Waals surface area contributed by atoms with Gasteiger partial charge in [0.15, 0.2) is 5.69 Å². The molecule has 3 rings (SSSR count). The Balaban J connectivity index is 2.10. The lowest BCUT2D eigenvalue weighted by Gasteiger charge is -2.09. The van der Waals surface area contributed by atoms with Crippen molar-refractivity contribution in [2.24, 2.45) is 10.2 Å². The first-order valence-electron chi connectivity index (χ1n) is 9.45. The zero-order valence-electron chi connectivity index (χ0n) is 18.2. The Morgan fingerprint density at radius 1 is 1.05 bits per heavy atom. The van der Waals surface area contributed by atoms with Crippen LogP contribution in [0.25, 0.3) is 5.69 Å². The molecular formula is C19H14BrCl2N5O8S2. The monoisotopic (exact) mass is 653 g/mol. The third-order valence-electron chi connectivity index (χ3n) is 4.51. The number of hydrogen-bond acceptors (Lipinski definition) is 9. The molecule has 1 heterocycles. The minimum Gasteiger partial charge on any atom is -0.492 e. The molecule has 1 amide bonds. The van der Waals surface area contributed by atoms with Gasteiger partial charge in [0.25, 0.3) is 26.1 Å². The van der Waals surface area contributed by atoms with E-state index in [0.717, 1.165) is 28.9 Å². The number of hydrogen-bond donors (Lipinski definition) is 4. The van der Waals surface area contributed by atoms with Crippen molar-refractivity contribution in [2.75, 3.05) is 5.32 Å². The van der Waals surface area contributed by atoms with E-state index in [9.17, 15) is 35.8 Å². The molecule has 0 saturated heterocycles. The van der Waals surface area contributed by atoms with E-state index in [1.54, 1.807) is 0 Å². The van der Waals surface area contributed by atoms with E-state index in [-0.39, 0.29) is 32.3 Å². The highest BCUT2D eigenvalue weighted by atomic mass is 79.9. The maximum absolute atomic E-state index is 11.8. The van der Waals surface area contributed by atoms with E-state index < -0.39 is 52.5 Å². The van der Waals surface area contributed by atoms with Gasteiger partial charge in [-0.3, -0.25) is 13.9 Å². The van der Waals surface area contributed by atoms with Gasteiger partial charge in [-0.1, -0.05) is 29.8 Å². The number of aromatic nitrogens is 2. The number of anilines is 1. The van der Waals surface area contributed by atoms with Crippen LogP contribution in [-0.4, -0.2) is 46.7 Å². The fraction of sp³-hybridized carbons (Fsp3) is 0.0526. The van der Waals surface area contributed by atoms with Gasteiger partial charge in [0.2, 0.25) is 5.88 Å². The van der Waals surface area contributed by atoms with Crippen LogP contribution in [0.15, 0.2) is 61.4 Å². The van der Waals surface area contributed by atoms with Gasteiger partial charge in [-0.05, 0) is 53.2 Å². The molecule has 0 radical (unpaired) electrons. The summed E-state index contributed by atoms with van der Waals surface area (Å²) in [6.45, 7) is 4.82. The zero-order valence-corrected chi connectivity index (χ0v) is 22.9. The van der Waals surface area contributed by atoms with Crippen LogP contribution in [-0.2, 0) is 25.0 Å². The summed E-state index contributed by atoms with van der Waals surface area (Å²) in [7, 11) is -9.45. The van der Waals surface area contributed by atoms with Crippen LogP contribution < -0.4 is 5.32 Å². The lowest BCUT2D eigenvalue weighted by molar-refractivity contribution is -0.112. The smallest absolute Gasteiger partial charge is 0.296 e. The molecule has 0 atom stereocenters. The van der Waals surface area contributed by atoms with Crippen LogP contribution in [0.4, 0.5) is 17.1 Å². The van der Waals surface area contributed by atoms with Crippen molar-refractivity contribution in [2.45, 2.75) is 16.7 Å². The van der Waals surface area contributed by atoms with Gasteiger partial charge in [0, 0.05) is 5.69 Å². The first-order valence-corrected chi connectivity index (χ1v) is 13.9. The molecule has 13 nitrogen and oxygen atoms in total. The van der Waals surface area contributed by atoms with E-state index in [1.165, 1.54) is 13.0 Å². The topological polar surface area (TPSA) is 201 Å². The Morgan fingerprint density at radius 3 is 2.24 bits per heavy atom. The number of amides is 1. The largest absolute Gasteiger partial charge is 0.492 e. The van der Waals surface area contributed by atoms with Crippen LogP contribution in [0.3, 0.4) is 0 Å². The molecule has 3 aromatic rings. The van der Waals surface area contributed by atoms with Gasteiger partial charge in [-0.25, -0.2) is 0 Å². The molecule has 0 aliphatic heterocycles. The lowest BCUT2D eigenvalue weighted by atomic mass is 10.3. The summed E-state index contributed by atoms with van der Waals surface area (Å²) >= 11 is 14.9. The van der Waals surface area contributed by atoms with Crippen LogP contribution in [0.2, 0.25) is 10.0 Å². The lowest BCUT2D eigenvalue weighted by Crippen LogP contribution is -2.10. The normalized spacial score (nSPS) is 12.2. The number of benzene rings is 2. The predicted octanol–water partition coefficient (Wildman–Crippen LogP) is 4.95. The van der Waals surface area contributed by atoms with Crippen molar-refractivity contribution < 1.29 is 35.8 Å². The first-order chi connectivity index (χ1) is 17.0. The van der Waals surface area contributed by atoms with Gasteiger partial charge in [-0.15, -0.1) is 10.2 Å².